The van der Waals surface area contributed by atoms with Crippen LogP contribution in [0.1, 0.15) is 46.9 Å². The van der Waals surface area contributed by atoms with Crippen LogP contribution in [0.4, 0.5) is 4.39 Å². The highest BCUT2D eigenvalue weighted by atomic mass is 19.1. The zero-order valence-electron chi connectivity index (χ0n) is 13.7. The molecular formula is C19H21FN2O2. The van der Waals surface area contributed by atoms with Gasteiger partial charge in [0.15, 0.2) is 0 Å². The fourth-order valence-electron chi connectivity index (χ4n) is 3.09. The van der Waals surface area contributed by atoms with Crippen molar-refractivity contribution in [1.82, 2.24) is 10.3 Å². The second kappa shape index (κ2) is 6.99. The molecule has 0 fully saturated rings. The van der Waals surface area contributed by atoms with Crippen LogP contribution < -0.4 is 10.9 Å². The van der Waals surface area contributed by atoms with E-state index in [2.05, 4.69) is 10.3 Å². The summed E-state index contributed by atoms with van der Waals surface area (Å²) < 4.78 is 12.9. The normalized spacial score (nSPS) is 14.2. The summed E-state index contributed by atoms with van der Waals surface area (Å²) in [7, 11) is 0. The third-order valence-electron chi connectivity index (χ3n) is 4.49. The van der Waals surface area contributed by atoms with Crippen LogP contribution in [0, 0.1) is 5.82 Å². The summed E-state index contributed by atoms with van der Waals surface area (Å²) in [6, 6.07) is 8.01. The van der Waals surface area contributed by atoms with Crippen LogP contribution in [0.5, 0.6) is 0 Å². The Hall–Kier alpha value is -2.43. The first-order valence-electron chi connectivity index (χ1n) is 8.33. The number of aryl methyl sites for hydroxylation is 3. The lowest BCUT2D eigenvalue weighted by molar-refractivity contribution is 0.0937. The number of amides is 1. The minimum atomic E-state index is -0.336. The van der Waals surface area contributed by atoms with E-state index in [0.29, 0.717) is 0 Å². The molecule has 2 aromatic rings. The molecule has 1 amide bonds. The Morgan fingerprint density at radius 2 is 2.04 bits per heavy atom. The van der Waals surface area contributed by atoms with Gasteiger partial charge in [-0.15, -0.1) is 0 Å². The van der Waals surface area contributed by atoms with Crippen molar-refractivity contribution in [3.05, 3.63) is 68.9 Å². The Kier molecular flexibility index (Phi) is 4.79. The molecule has 24 heavy (non-hydrogen) atoms. The van der Waals surface area contributed by atoms with Gasteiger partial charge in [0.2, 0.25) is 0 Å². The average molecular weight is 328 g/mol. The molecule has 1 aromatic carbocycles. The monoisotopic (exact) mass is 328 g/mol. The molecule has 0 saturated carbocycles. The average Bonchev–Trinajstić information content (AvgIpc) is 3.00. The van der Waals surface area contributed by atoms with Crippen molar-refractivity contribution in [2.45, 2.75) is 45.1 Å². The Bertz CT molecular complexity index is 796. The molecule has 0 bridgehead atoms. The minimum Gasteiger partial charge on any atom is -0.349 e. The minimum absolute atomic E-state index is 0.0739. The topological polar surface area (TPSA) is 62.0 Å². The number of fused-ring (bicyclic) bond motifs is 1. The molecule has 4 nitrogen and oxygen atoms in total. The molecule has 1 aliphatic rings. The number of pyridine rings is 1. The Balaban J connectivity index is 1.60. The summed E-state index contributed by atoms with van der Waals surface area (Å²) in [6.45, 7) is 1.91. The fourth-order valence-corrected chi connectivity index (χ4v) is 3.09. The van der Waals surface area contributed by atoms with Crippen molar-refractivity contribution in [3.63, 3.8) is 0 Å². The maximum atomic E-state index is 12.9. The van der Waals surface area contributed by atoms with Crippen LogP contribution in [-0.2, 0) is 19.3 Å². The van der Waals surface area contributed by atoms with E-state index in [1.54, 1.807) is 18.2 Å². The molecule has 0 radical (unpaired) electrons. The molecular weight excluding hydrogens is 307 g/mol. The summed E-state index contributed by atoms with van der Waals surface area (Å²) in [5.74, 6) is -0.589. The predicted octanol–water partition coefficient (Wildman–Crippen LogP) is 2.75. The highest BCUT2D eigenvalue weighted by molar-refractivity contribution is 5.94. The maximum absolute atomic E-state index is 12.9. The van der Waals surface area contributed by atoms with Gasteiger partial charge < -0.3 is 10.3 Å². The van der Waals surface area contributed by atoms with E-state index in [9.17, 15) is 14.0 Å². The van der Waals surface area contributed by atoms with Gasteiger partial charge in [0, 0.05) is 11.7 Å². The molecule has 1 unspecified atom stereocenters. The van der Waals surface area contributed by atoms with Crippen molar-refractivity contribution in [2.75, 3.05) is 0 Å². The van der Waals surface area contributed by atoms with Gasteiger partial charge in [0.1, 0.15) is 11.4 Å². The number of nitrogens with one attached hydrogen (secondary N) is 2. The molecule has 0 saturated heterocycles. The van der Waals surface area contributed by atoms with Crippen LogP contribution in [0.2, 0.25) is 0 Å². The van der Waals surface area contributed by atoms with E-state index in [0.717, 1.165) is 48.9 Å². The van der Waals surface area contributed by atoms with Crippen molar-refractivity contribution in [2.24, 2.45) is 0 Å². The maximum Gasteiger partial charge on any atom is 0.261 e. The molecule has 0 aliphatic heterocycles. The van der Waals surface area contributed by atoms with Crippen LogP contribution >= 0.6 is 0 Å². The van der Waals surface area contributed by atoms with E-state index in [-0.39, 0.29) is 28.9 Å². The summed E-state index contributed by atoms with van der Waals surface area (Å²) in [5, 5.41) is 2.88. The molecule has 1 heterocycles. The van der Waals surface area contributed by atoms with E-state index in [1.807, 2.05) is 6.92 Å². The Morgan fingerprint density at radius 1 is 1.29 bits per heavy atom. The van der Waals surface area contributed by atoms with E-state index < -0.39 is 0 Å². The SMILES string of the molecule is CC(CCc1ccc(F)cc1)NC(=O)c1cc2c([nH]c1=O)CCC2. The van der Waals surface area contributed by atoms with Gasteiger partial charge in [-0.25, -0.2) is 4.39 Å². The number of rotatable bonds is 5. The first kappa shape index (κ1) is 16.4. The van der Waals surface area contributed by atoms with Crippen LogP contribution in [-0.4, -0.2) is 16.9 Å². The second-order valence-electron chi connectivity index (χ2n) is 6.41. The van der Waals surface area contributed by atoms with Crippen molar-refractivity contribution in [3.8, 4) is 0 Å². The number of benzene rings is 1. The summed E-state index contributed by atoms with van der Waals surface area (Å²) in [4.78, 5) is 27.2. The fraction of sp³-hybridized carbons (Fsp3) is 0.368. The van der Waals surface area contributed by atoms with Crippen molar-refractivity contribution in [1.29, 1.82) is 0 Å². The zero-order valence-corrected chi connectivity index (χ0v) is 13.7. The second-order valence-corrected chi connectivity index (χ2v) is 6.41. The lowest BCUT2D eigenvalue weighted by Gasteiger charge is -2.14. The van der Waals surface area contributed by atoms with Gasteiger partial charge in [0.25, 0.3) is 11.5 Å². The number of aromatic amines is 1. The zero-order chi connectivity index (χ0) is 17.1. The molecule has 2 N–H and O–H groups in total. The molecule has 1 aliphatic carbocycles. The molecule has 5 heteroatoms. The summed E-state index contributed by atoms with van der Waals surface area (Å²) in [5.41, 5.74) is 2.91. The third kappa shape index (κ3) is 3.72. The Labute approximate surface area is 140 Å². The molecule has 0 spiro atoms. The molecule has 1 aromatic heterocycles. The highest BCUT2D eigenvalue weighted by Crippen LogP contribution is 2.18. The molecule has 3 rings (SSSR count). The third-order valence-corrected chi connectivity index (χ3v) is 4.49. The standard InChI is InChI=1S/C19H21FN2O2/c1-12(5-6-13-7-9-15(20)10-8-13)21-18(23)16-11-14-3-2-4-17(14)22-19(16)24/h7-12H,2-6H2,1H3,(H,21,23)(H,22,24). The van der Waals surface area contributed by atoms with Crippen LogP contribution in [0.15, 0.2) is 35.1 Å². The van der Waals surface area contributed by atoms with Gasteiger partial charge in [-0.2, -0.15) is 0 Å². The van der Waals surface area contributed by atoms with E-state index >= 15 is 0 Å². The molecule has 126 valence electrons. The van der Waals surface area contributed by atoms with Crippen molar-refractivity contribution < 1.29 is 9.18 Å². The van der Waals surface area contributed by atoms with Gasteiger partial charge in [-0.1, -0.05) is 12.1 Å². The lowest BCUT2D eigenvalue weighted by Crippen LogP contribution is -2.36. The molecule has 1 atom stereocenters. The number of hydrogen-bond donors (Lipinski definition) is 2. The highest BCUT2D eigenvalue weighted by Gasteiger charge is 2.19. The largest absolute Gasteiger partial charge is 0.349 e. The Morgan fingerprint density at radius 3 is 2.79 bits per heavy atom. The van der Waals surface area contributed by atoms with Gasteiger partial charge in [-0.3, -0.25) is 9.59 Å². The number of H-pyrrole nitrogens is 1. The van der Waals surface area contributed by atoms with Crippen LogP contribution in [0.3, 0.4) is 0 Å². The first-order chi connectivity index (χ1) is 11.5. The van der Waals surface area contributed by atoms with Crippen molar-refractivity contribution >= 4 is 5.91 Å². The predicted molar refractivity (Wildman–Crippen MR) is 90.7 cm³/mol. The number of halogens is 1. The quantitative estimate of drug-likeness (QED) is 0.886. The number of aromatic nitrogens is 1. The van der Waals surface area contributed by atoms with Gasteiger partial charge in [-0.05, 0) is 68.4 Å². The van der Waals surface area contributed by atoms with Gasteiger partial charge >= 0.3 is 0 Å². The summed E-state index contributed by atoms with van der Waals surface area (Å²) in [6.07, 6.45) is 4.26. The number of hydrogen-bond acceptors (Lipinski definition) is 2. The number of carbonyl (C=O) groups is 1. The van der Waals surface area contributed by atoms with Crippen LogP contribution in [0.25, 0.3) is 0 Å². The van der Waals surface area contributed by atoms with E-state index in [4.69, 9.17) is 0 Å². The lowest BCUT2D eigenvalue weighted by atomic mass is 10.1. The van der Waals surface area contributed by atoms with E-state index in [1.165, 1.54) is 12.1 Å². The van der Waals surface area contributed by atoms with Gasteiger partial charge in [0.05, 0.1) is 0 Å². The smallest absolute Gasteiger partial charge is 0.261 e. The summed E-state index contributed by atoms with van der Waals surface area (Å²) >= 11 is 0. The first-order valence-corrected chi connectivity index (χ1v) is 8.33. The number of carbonyl (C=O) groups excluding carboxylic acids is 1.